The Kier molecular flexibility index (Phi) is 5.56. The lowest BCUT2D eigenvalue weighted by molar-refractivity contribution is 0.0904. The van der Waals surface area contributed by atoms with E-state index < -0.39 is 17.8 Å². The summed E-state index contributed by atoms with van der Waals surface area (Å²) in [7, 11) is 0. The zero-order valence-electron chi connectivity index (χ0n) is 10.4. The number of aliphatic hydroxyl groups excluding tert-OH is 1. The molecule has 1 unspecified atom stereocenters. The highest BCUT2D eigenvalue weighted by atomic mass is 35.5. The summed E-state index contributed by atoms with van der Waals surface area (Å²) in [6.07, 6.45) is 0.619. The fourth-order valence-electron chi connectivity index (χ4n) is 1.72. The highest BCUT2D eigenvalue weighted by molar-refractivity contribution is 6.33. The van der Waals surface area contributed by atoms with E-state index in [0.29, 0.717) is 12.3 Å². The van der Waals surface area contributed by atoms with E-state index in [0.717, 1.165) is 0 Å². The zero-order chi connectivity index (χ0) is 13.7. The van der Waals surface area contributed by atoms with Crippen LogP contribution in [0.4, 0.5) is 4.39 Å². The molecule has 3 nitrogen and oxygen atoms in total. The van der Waals surface area contributed by atoms with Crippen molar-refractivity contribution >= 4 is 17.5 Å². The van der Waals surface area contributed by atoms with Crippen LogP contribution in [-0.2, 0) is 0 Å². The third-order valence-electron chi connectivity index (χ3n) is 2.50. The summed E-state index contributed by atoms with van der Waals surface area (Å²) in [5, 5.41) is 11.8. The largest absolute Gasteiger partial charge is 0.394 e. The topological polar surface area (TPSA) is 49.3 Å². The van der Waals surface area contributed by atoms with E-state index >= 15 is 0 Å². The van der Waals surface area contributed by atoms with Gasteiger partial charge in [-0.05, 0) is 24.5 Å². The first kappa shape index (κ1) is 14.9. The monoisotopic (exact) mass is 273 g/mol. The molecule has 0 saturated heterocycles. The Morgan fingerprint density at radius 2 is 2.17 bits per heavy atom. The van der Waals surface area contributed by atoms with Crippen LogP contribution < -0.4 is 5.32 Å². The Morgan fingerprint density at radius 3 is 2.67 bits per heavy atom. The minimum absolute atomic E-state index is 0.0636. The molecule has 0 saturated carbocycles. The SMILES string of the molecule is CC(C)CC(CO)NC(=O)c1c(F)cccc1Cl. The Hall–Kier alpha value is -1.13. The number of hydrogen-bond acceptors (Lipinski definition) is 2. The molecule has 5 heteroatoms. The van der Waals surface area contributed by atoms with Crippen LogP contribution in [-0.4, -0.2) is 23.7 Å². The molecule has 0 spiro atoms. The maximum atomic E-state index is 13.5. The average Bonchev–Trinajstić information content (AvgIpc) is 2.27. The van der Waals surface area contributed by atoms with Gasteiger partial charge in [0, 0.05) is 0 Å². The molecule has 0 aliphatic carbocycles. The molecule has 1 amide bonds. The van der Waals surface area contributed by atoms with E-state index in [1.807, 2.05) is 13.8 Å². The fraction of sp³-hybridized carbons (Fsp3) is 0.462. The summed E-state index contributed by atoms with van der Waals surface area (Å²) in [5.41, 5.74) is -0.179. The number of amides is 1. The van der Waals surface area contributed by atoms with Crippen LogP contribution in [0.3, 0.4) is 0 Å². The van der Waals surface area contributed by atoms with E-state index in [4.69, 9.17) is 16.7 Å². The molecule has 0 bridgehead atoms. The van der Waals surface area contributed by atoms with Gasteiger partial charge in [0.05, 0.1) is 23.2 Å². The van der Waals surface area contributed by atoms with E-state index in [9.17, 15) is 9.18 Å². The lowest BCUT2D eigenvalue weighted by Gasteiger charge is -2.18. The first-order chi connectivity index (χ1) is 8.45. The molecular formula is C13H17ClFNO2. The molecule has 0 fully saturated rings. The zero-order valence-corrected chi connectivity index (χ0v) is 11.2. The number of benzene rings is 1. The molecule has 1 atom stereocenters. The van der Waals surface area contributed by atoms with Gasteiger partial charge in [-0.25, -0.2) is 4.39 Å². The quantitative estimate of drug-likeness (QED) is 0.866. The van der Waals surface area contributed by atoms with Crippen LogP contribution in [0, 0.1) is 11.7 Å². The molecule has 2 N–H and O–H groups in total. The normalized spacial score (nSPS) is 12.6. The van der Waals surface area contributed by atoms with Crippen molar-refractivity contribution in [2.24, 2.45) is 5.92 Å². The molecular weight excluding hydrogens is 257 g/mol. The highest BCUT2D eigenvalue weighted by Gasteiger charge is 2.19. The van der Waals surface area contributed by atoms with Crippen LogP contribution in [0.1, 0.15) is 30.6 Å². The fourth-order valence-corrected chi connectivity index (χ4v) is 1.97. The molecule has 0 aromatic heterocycles. The third-order valence-corrected chi connectivity index (χ3v) is 2.82. The van der Waals surface area contributed by atoms with Gasteiger partial charge >= 0.3 is 0 Å². The summed E-state index contributed by atoms with van der Waals surface area (Å²) >= 11 is 5.79. The second kappa shape index (κ2) is 6.71. The molecule has 0 aliphatic heterocycles. The summed E-state index contributed by atoms with van der Waals surface area (Å²) in [5.74, 6) is -0.947. The summed E-state index contributed by atoms with van der Waals surface area (Å²) in [6, 6.07) is 3.67. The van der Waals surface area contributed by atoms with Gasteiger partial charge < -0.3 is 10.4 Å². The van der Waals surface area contributed by atoms with Crippen molar-refractivity contribution in [3.05, 3.63) is 34.6 Å². The van der Waals surface area contributed by atoms with Gasteiger partial charge in [-0.3, -0.25) is 4.79 Å². The van der Waals surface area contributed by atoms with E-state index in [1.54, 1.807) is 0 Å². The maximum absolute atomic E-state index is 13.5. The number of rotatable bonds is 5. The molecule has 0 heterocycles. The van der Waals surface area contributed by atoms with E-state index in [-0.39, 0.29) is 17.2 Å². The molecule has 0 aliphatic rings. The number of carbonyl (C=O) groups is 1. The molecule has 0 radical (unpaired) electrons. The number of aliphatic hydroxyl groups is 1. The van der Waals surface area contributed by atoms with Gasteiger partial charge in [0.2, 0.25) is 0 Å². The van der Waals surface area contributed by atoms with Crippen molar-refractivity contribution in [2.45, 2.75) is 26.3 Å². The Bertz CT molecular complexity index is 403. The average molecular weight is 274 g/mol. The lowest BCUT2D eigenvalue weighted by Crippen LogP contribution is -2.38. The Labute approximate surface area is 111 Å². The van der Waals surface area contributed by atoms with E-state index in [1.165, 1.54) is 18.2 Å². The third kappa shape index (κ3) is 3.96. The predicted octanol–water partition coefficient (Wildman–Crippen LogP) is 2.62. The van der Waals surface area contributed by atoms with Crippen molar-refractivity contribution in [1.82, 2.24) is 5.32 Å². The highest BCUT2D eigenvalue weighted by Crippen LogP contribution is 2.19. The number of nitrogens with one attached hydrogen (secondary N) is 1. The second-order valence-corrected chi connectivity index (χ2v) is 4.99. The van der Waals surface area contributed by atoms with Crippen LogP contribution in [0.15, 0.2) is 18.2 Å². The summed E-state index contributed by atoms with van der Waals surface area (Å²) in [6.45, 7) is 3.77. The van der Waals surface area contributed by atoms with Crippen LogP contribution in [0.2, 0.25) is 5.02 Å². The summed E-state index contributed by atoms with van der Waals surface area (Å²) in [4.78, 5) is 11.9. The van der Waals surface area contributed by atoms with Crippen molar-refractivity contribution in [1.29, 1.82) is 0 Å². The van der Waals surface area contributed by atoms with Crippen molar-refractivity contribution in [3.63, 3.8) is 0 Å². The van der Waals surface area contributed by atoms with Gasteiger partial charge in [-0.1, -0.05) is 31.5 Å². The van der Waals surface area contributed by atoms with Gasteiger partial charge in [0.15, 0.2) is 0 Å². The molecule has 1 rings (SSSR count). The minimum Gasteiger partial charge on any atom is -0.394 e. The molecule has 1 aromatic rings. The van der Waals surface area contributed by atoms with Crippen LogP contribution in [0.25, 0.3) is 0 Å². The lowest BCUT2D eigenvalue weighted by atomic mass is 10.0. The predicted molar refractivity (Wildman–Crippen MR) is 69.2 cm³/mol. The Balaban J connectivity index is 2.81. The van der Waals surface area contributed by atoms with Crippen LogP contribution >= 0.6 is 11.6 Å². The van der Waals surface area contributed by atoms with Gasteiger partial charge in [0.25, 0.3) is 5.91 Å². The van der Waals surface area contributed by atoms with Gasteiger partial charge in [-0.2, -0.15) is 0 Å². The smallest absolute Gasteiger partial charge is 0.256 e. The maximum Gasteiger partial charge on any atom is 0.256 e. The first-order valence-electron chi connectivity index (χ1n) is 5.81. The summed E-state index contributed by atoms with van der Waals surface area (Å²) < 4.78 is 13.5. The minimum atomic E-state index is -0.666. The van der Waals surface area contributed by atoms with Gasteiger partial charge in [-0.15, -0.1) is 0 Å². The number of halogens is 2. The van der Waals surface area contributed by atoms with Crippen molar-refractivity contribution in [2.75, 3.05) is 6.61 Å². The molecule has 1 aromatic carbocycles. The number of carbonyl (C=O) groups excluding carboxylic acids is 1. The first-order valence-corrected chi connectivity index (χ1v) is 6.19. The second-order valence-electron chi connectivity index (χ2n) is 4.58. The van der Waals surface area contributed by atoms with E-state index in [2.05, 4.69) is 5.32 Å². The van der Waals surface area contributed by atoms with Crippen molar-refractivity contribution in [3.8, 4) is 0 Å². The Morgan fingerprint density at radius 1 is 1.50 bits per heavy atom. The standard InChI is InChI=1S/C13H17ClFNO2/c1-8(2)6-9(7-17)16-13(18)12-10(14)4-3-5-11(12)15/h3-5,8-9,17H,6-7H2,1-2H3,(H,16,18). The van der Waals surface area contributed by atoms with Gasteiger partial charge in [0.1, 0.15) is 5.82 Å². The van der Waals surface area contributed by atoms with Crippen LogP contribution in [0.5, 0.6) is 0 Å². The molecule has 18 heavy (non-hydrogen) atoms. The number of hydrogen-bond donors (Lipinski definition) is 2. The molecule has 100 valence electrons. The van der Waals surface area contributed by atoms with Crippen molar-refractivity contribution < 1.29 is 14.3 Å².